The fourth-order valence-electron chi connectivity index (χ4n) is 2.28. The number of hydrogen-bond acceptors (Lipinski definition) is 6. The summed E-state index contributed by atoms with van der Waals surface area (Å²) < 4.78 is 5.63. The van der Waals surface area contributed by atoms with Gasteiger partial charge in [0.15, 0.2) is 5.69 Å². The molecule has 0 bridgehead atoms. The van der Waals surface area contributed by atoms with Crippen LogP contribution in [-0.2, 0) is 17.8 Å². The minimum Gasteiger partial charge on any atom is -0.486 e. The lowest BCUT2D eigenvalue weighted by atomic mass is 10.2. The van der Waals surface area contributed by atoms with E-state index in [1.54, 1.807) is 36.6 Å². The van der Waals surface area contributed by atoms with E-state index in [9.17, 15) is 9.59 Å². The van der Waals surface area contributed by atoms with Crippen LogP contribution in [0.25, 0.3) is 0 Å². The maximum absolute atomic E-state index is 12.2. The first kappa shape index (κ1) is 18.9. The molecule has 0 unspecified atom stereocenters. The van der Waals surface area contributed by atoms with Gasteiger partial charge in [-0.05, 0) is 31.2 Å². The summed E-state index contributed by atoms with van der Waals surface area (Å²) in [6, 6.07) is 7.03. The van der Waals surface area contributed by atoms with Crippen molar-refractivity contribution in [3.05, 3.63) is 56.8 Å². The highest BCUT2D eigenvalue weighted by Gasteiger charge is 2.18. The summed E-state index contributed by atoms with van der Waals surface area (Å²) in [6.07, 6.45) is 0.0558. The number of carbonyl (C=O) groups is 2. The number of primary amides is 1. The number of anilines is 1. The second kappa shape index (κ2) is 8.19. The molecule has 0 aliphatic heterocycles. The van der Waals surface area contributed by atoms with Crippen molar-refractivity contribution in [3.63, 3.8) is 0 Å². The average Bonchev–Trinajstić information content (AvgIpc) is 3.21. The van der Waals surface area contributed by atoms with Gasteiger partial charge in [0.2, 0.25) is 5.91 Å². The quantitative estimate of drug-likeness (QED) is 0.557. The molecule has 140 valence electrons. The molecule has 0 aliphatic carbocycles. The van der Waals surface area contributed by atoms with E-state index in [0.29, 0.717) is 28.8 Å². The van der Waals surface area contributed by atoms with Gasteiger partial charge in [-0.2, -0.15) is 5.10 Å². The van der Waals surface area contributed by atoms with Gasteiger partial charge in [0.25, 0.3) is 5.91 Å². The van der Waals surface area contributed by atoms with Crippen molar-refractivity contribution in [3.8, 4) is 5.75 Å². The number of rotatable bonds is 7. The number of halogens is 1. The summed E-state index contributed by atoms with van der Waals surface area (Å²) >= 11 is 7.23. The number of nitrogens with two attached hydrogens (primary N) is 1. The molecule has 0 radical (unpaired) electrons. The zero-order valence-corrected chi connectivity index (χ0v) is 15.9. The SMILES string of the molecule is Cc1[nH]nc(C(N)=O)c1NC(=O)Cc1csc(COc2ccc(Cl)cc2)n1. The molecule has 0 atom stereocenters. The van der Waals surface area contributed by atoms with Crippen LogP contribution in [0.1, 0.15) is 26.9 Å². The summed E-state index contributed by atoms with van der Waals surface area (Å²) in [5.41, 5.74) is 6.68. The standard InChI is InChI=1S/C17H16ClN5O3S/c1-9-15(16(17(19)25)23-22-9)21-13(24)6-11-8-27-14(20-11)7-26-12-4-2-10(18)3-5-12/h2-5,8H,6-7H2,1H3,(H2,19,25)(H,21,24)(H,22,23). The van der Waals surface area contributed by atoms with Crippen LogP contribution in [0.15, 0.2) is 29.6 Å². The van der Waals surface area contributed by atoms with Crippen LogP contribution in [0.3, 0.4) is 0 Å². The first-order chi connectivity index (χ1) is 12.9. The summed E-state index contributed by atoms with van der Waals surface area (Å²) in [5.74, 6) is -0.356. The topological polar surface area (TPSA) is 123 Å². The van der Waals surface area contributed by atoms with Gasteiger partial charge in [0, 0.05) is 10.4 Å². The van der Waals surface area contributed by atoms with Crippen LogP contribution < -0.4 is 15.8 Å². The van der Waals surface area contributed by atoms with Crippen molar-refractivity contribution in [1.29, 1.82) is 0 Å². The number of benzene rings is 1. The first-order valence-electron chi connectivity index (χ1n) is 7.88. The van der Waals surface area contributed by atoms with E-state index in [1.807, 2.05) is 0 Å². The molecule has 2 heterocycles. The number of amides is 2. The highest BCUT2D eigenvalue weighted by atomic mass is 35.5. The Morgan fingerprint density at radius 1 is 1.33 bits per heavy atom. The third-order valence-electron chi connectivity index (χ3n) is 3.56. The summed E-state index contributed by atoms with van der Waals surface area (Å²) in [7, 11) is 0. The maximum Gasteiger partial charge on any atom is 0.271 e. The van der Waals surface area contributed by atoms with Gasteiger partial charge in [-0.15, -0.1) is 11.3 Å². The second-order valence-corrected chi connectivity index (χ2v) is 7.02. The molecule has 27 heavy (non-hydrogen) atoms. The van der Waals surface area contributed by atoms with Crippen molar-refractivity contribution in [2.24, 2.45) is 5.73 Å². The highest BCUT2D eigenvalue weighted by Crippen LogP contribution is 2.20. The average molecular weight is 406 g/mol. The number of carbonyl (C=O) groups excluding carboxylic acids is 2. The number of nitrogens with zero attached hydrogens (tertiary/aromatic N) is 2. The Labute approximate surface area is 163 Å². The predicted molar refractivity (Wildman–Crippen MR) is 102 cm³/mol. The molecule has 4 N–H and O–H groups in total. The van der Waals surface area contributed by atoms with E-state index in [0.717, 1.165) is 5.01 Å². The second-order valence-electron chi connectivity index (χ2n) is 5.64. The van der Waals surface area contributed by atoms with E-state index in [4.69, 9.17) is 22.1 Å². The minimum atomic E-state index is -0.718. The molecule has 1 aromatic carbocycles. The van der Waals surface area contributed by atoms with Gasteiger partial charge in [-0.3, -0.25) is 14.7 Å². The van der Waals surface area contributed by atoms with Crippen LogP contribution in [-0.4, -0.2) is 27.0 Å². The summed E-state index contributed by atoms with van der Waals surface area (Å²) in [5, 5.41) is 12.2. The Hall–Kier alpha value is -2.91. The van der Waals surface area contributed by atoms with Crippen LogP contribution in [0.5, 0.6) is 5.75 Å². The monoisotopic (exact) mass is 405 g/mol. The number of aromatic amines is 1. The van der Waals surface area contributed by atoms with E-state index < -0.39 is 5.91 Å². The lowest BCUT2D eigenvalue weighted by Crippen LogP contribution is -2.19. The van der Waals surface area contributed by atoms with Gasteiger partial charge in [0.05, 0.1) is 23.5 Å². The summed E-state index contributed by atoms with van der Waals surface area (Å²) in [4.78, 5) is 28.0. The molecule has 0 spiro atoms. The van der Waals surface area contributed by atoms with Gasteiger partial charge in [-0.1, -0.05) is 11.6 Å². The van der Waals surface area contributed by atoms with Crippen LogP contribution in [0, 0.1) is 6.92 Å². The minimum absolute atomic E-state index is 0.00354. The third kappa shape index (κ3) is 4.83. The molecule has 10 heteroatoms. The lowest BCUT2D eigenvalue weighted by molar-refractivity contribution is -0.115. The van der Waals surface area contributed by atoms with E-state index >= 15 is 0 Å². The van der Waals surface area contributed by atoms with E-state index in [1.165, 1.54) is 11.3 Å². The van der Waals surface area contributed by atoms with E-state index in [-0.39, 0.29) is 23.7 Å². The Kier molecular flexibility index (Phi) is 5.72. The van der Waals surface area contributed by atoms with E-state index in [2.05, 4.69) is 20.5 Å². The Morgan fingerprint density at radius 3 is 2.78 bits per heavy atom. The number of nitrogens with one attached hydrogen (secondary N) is 2. The maximum atomic E-state index is 12.2. The first-order valence-corrected chi connectivity index (χ1v) is 9.14. The van der Waals surface area contributed by atoms with Gasteiger partial charge >= 0.3 is 0 Å². The van der Waals surface area contributed by atoms with Crippen molar-refractivity contribution in [1.82, 2.24) is 15.2 Å². The molecule has 2 amide bonds. The molecule has 0 aliphatic rings. The van der Waals surface area contributed by atoms with Crippen molar-refractivity contribution in [2.45, 2.75) is 20.0 Å². The summed E-state index contributed by atoms with van der Waals surface area (Å²) in [6.45, 7) is 1.98. The van der Waals surface area contributed by atoms with Gasteiger partial charge in [0.1, 0.15) is 17.4 Å². The molecule has 0 saturated heterocycles. The Bertz CT molecular complexity index is 967. The highest BCUT2D eigenvalue weighted by molar-refractivity contribution is 7.09. The number of thiazole rings is 1. The molecular formula is C17H16ClN5O3S. The normalized spacial score (nSPS) is 10.6. The zero-order valence-electron chi connectivity index (χ0n) is 14.3. The van der Waals surface area contributed by atoms with Gasteiger partial charge in [-0.25, -0.2) is 4.98 Å². The van der Waals surface area contributed by atoms with Crippen molar-refractivity contribution in [2.75, 3.05) is 5.32 Å². The molecule has 8 nitrogen and oxygen atoms in total. The fourth-order valence-corrected chi connectivity index (χ4v) is 3.11. The van der Waals surface area contributed by atoms with Crippen molar-refractivity contribution < 1.29 is 14.3 Å². The largest absolute Gasteiger partial charge is 0.486 e. The number of ether oxygens (including phenoxy) is 1. The number of aromatic nitrogens is 3. The van der Waals surface area contributed by atoms with Crippen molar-refractivity contribution >= 4 is 40.4 Å². The predicted octanol–water partition coefficient (Wildman–Crippen LogP) is 2.69. The molecule has 3 rings (SSSR count). The van der Waals surface area contributed by atoms with Crippen LogP contribution >= 0.6 is 22.9 Å². The molecule has 0 fully saturated rings. The van der Waals surface area contributed by atoms with Crippen LogP contribution in [0.4, 0.5) is 5.69 Å². The Balaban J connectivity index is 1.57. The zero-order chi connectivity index (χ0) is 19.4. The fraction of sp³-hybridized carbons (Fsp3) is 0.176. The number of aryl methyl sites for hydroxylation is 1. The molecule has 2 aromatic heterocycles. The smallest absolute Gasteiger partial charge is 0.271 e. The lowest BCUT2D eigenvalue weighted by Gasteiger charge is -2.04. The molecule has 3 aromatic rings. The third-order valence-corrected chi connectivity index (χ3v) is 4.69. The Morgan fingerprint density at radius 2 is 2.07 bits per heavy atom. The number of hydrogen-bond donors (Lipinski definition) is 3. The molecule has 0 saturated carbocycles. The number of H-pyrrole nitrogens is 1. The molecular weight excluding hydrogens is 390 g/mol. The van der Waals surface area contributed by atoms with Gasteiger partial charge < -0.3 is 15.8 Å². The van der Waals surface area contributed by atoms with Crippen LogP contribution in [0.2, 0.25) is 5.02 Å².